The first-order valence-electron chi connectivity index (χ1n) is 4.47. The normalized spacial score (nSPS) is 11.7. The average molecular weight is 179 g/mol. The van der Waals surface area contributed by atoms with Crippen LogP contribution >= 0.6 is 0 Å². The fourth-order valence-electron chi connectivity index (χ4n) is 1.22. The summed E-state index contributed by atoms with van der Waals surface area (Å²) in [6.07, 6.45) is 0. The van der Waals surface area contributed by atoms with Gasteiger partial charge in [-0.25, -0.2) is 0 Å². The molecule has 0 aliphatic heterocycles. The molecule has 0 aliphatic carbocycles. The molecule has 0 saturated heterocycles. The third kappa shape index (κ3) is 2.46. The van der Waals surface area contributed by atoms with Crippen molar-refractivity contribution in [2.75, 3.05) is 0 Å². The lowest BCUT2D eigenvalue weighted by atomic mass is 9.86. The van der Waals surface area contributed by atoms with E-state index in [1.54, 1.807) is 12.1 Å². The molecule has 0 atom stereocenters. The second-order valence-corrected chi connectivity index (χ2v) is 4.34. The van der Waals surface area contributed by atoms with Crippen molar-refractivity contribution in [1.82, 2.24) is 0 Å². The van der Waals surface area contributed by atoms with Crippen LogP contribution in [-0.4, -0.2) is 5.11 Å². The second-order valence-electron chi connectivity index (χ2n) is 4.34. The number of aromatic hydroxyl groups is 1. The maximum atomic E-state index is 9.43. The fraction of sp³-hybridized carbons (Fsp3) is 0.455. The highest BCUT2D eigenvalue weighted by molar-refractivity contribution is 5.36. The summed E-state index contributed by atoms with van der Waals surface area (Å²) >= 11 is 0. The van der Waals surface area contributed by atoms with Gasteiger partial charge in [0.15, 0.2) is 0 Å². The molecule has 0 unspecified atom stereocenters. The number of rotatable bonds is 1. The van der Waals surface area contributed by atoms with Gasteiger partial charge in [-0.15, -0.1) is 0 Å². The van der Waals surface area contributed by atoms with Crippen LogP contribution in [0.25, 0.3) is 0 Å². The molecule has 0 bridgehead atoms. The minimum atomic E-state index is 0.0582. The first-order chi connectivity index (χ1) is 5.93. The largest absolute Gasteiger partial charge is 0.508 e. The minimum absolute atomic E-state index is 0.0582. The van der Waals surface area contributed by atoms with E-state index in [1.165, 1.54) is 0 Å². The summed E-state index contributed by atoms with van der Waals surface area (Å²) in [4.78, 5) is 0. The van der Waals surface area contributed by atoms with Crippen LogP contribution in [0.5, 0.6) is 5.75 Å². The third-order valence-electron chi connectivity index (χ3n) is 2.08. The summed E-state index contributed by atoms with van der Waals surface area (Å²) in [7, 11) is 0. The van der Waals surface area contributed by atoms with E-state index in [9.17, 15) is 5.11 Å². The van der Waals surface area contributed by atoms with Crippen molar-refractivity contribution < 1.29 is 5.11 Å². The summed E-state index contributed by atoms with van der Waals surface area (Å²) in [5, 5.41) is 9.43. The predicted molar refractivity (Wildman–Crippen MR) is 54.7 cm³/mol. The molecule has 0 aromatic heterocycles. The fourth-order valence-corrected chi connectivity index (χ4v) is 1.22. The SMILES string of the molecule is CC(C)(C)c1cc(O)cc(CN)c1. The van der Waals surface area contributed by atoms with Crippen LogP contribution in [0.4, 0.5) is 0 Å². The first kappa shape index (κ1) is 10.1. The number of benzene rings is 1. The molecule has 0 radical (unpaired) electrons. The van der Waals surface area contributed by atoms with Gasteiger partial charge in [0.25, 0.3) is 0 Å². The van der Waals surface area contributed by atoms with Gasteiger partial charge in [-0.3, -0.25) is 0 Å². The van der Waals surface area contributed by atoms with E-state index in [1.807, 2.05) is 6.07 Å². The Balaban J connectivity index is 3.16. The van der Waals surface area contributed by atoms with Gasteiger partial charge in [0.1, 0.15) is 5.75 Å². The van der Waals surface area contributed by atoms with Crippen LogP contribution in [0, 0.1) is 0 Å². The molecule has 0 heterocycles. The lowest BCUT2D eigenvalue weighted by Gasteiger charge is -2.20. The Morgan fingerprint density at radius 2 is 1.85 bits per heavy atom. The van der Waals surface area contributed by atoms with Gasteiger partial charge >= 0.3 is 0 Å². The first-order valence-corrected chi connectivity index (χ1v) is 4.47. The zero-order valence-electron chi connectivity index (χ0n) is 8.46. The van der Waals surface area contributed by atoms with Crippen LogP contribution in [0.2, 0.25) is 0 Å². The van der Waals surface area contributed by atoms with E-state index in [4.69, 9.17) is 5.73 Å². The molecule has 0 amide bonds. The van der Waals surface area contributed by atoms with Gasteiger partial charge in [-0.2, -0.15) is 0 Å². The van der Waals surface area contributed by atoms with Crippen molar-refractivity contribution in [2.45, 2.75) is 32.7 Å². The van der Waals surface area contributed by atoms with Crippen molar-refractivity contribution in [2.24, 2.45) is 5.73 Å². The van der Waals surface area contributed by atoms with Crippen molar-refractivity contribution in [3.63, 3.8) is 0 Å². The smallest absolute Gasteiger partial charge is 0.116 e. The molecule has 2 heteroatoms. The maximum absolute atomic E-state index is 9.43. The molecular formula is C11H17NO. The van der Waals surface area contributed by atoms with Gasteiger partial charge in [-0.05, 0) is 28.7 Å². The lowest BCUT2D eigenvalue weighted by molar-refractivity contribution is 0.470. The highest BCUT2D eigenvalue weighted by Gasteiger charge is 2.14. The van der Waals surface area contributed by atoms with Crippen LogP contribution < -0.4 is 5.73 Å². The molecule has 0 fully saturated rings. The van der Waals surface area contributed by atoms with E-state index < -0.39 is 0 Å². The molecule has 13 heavy (non-hydrogen) atoms. The van der Waals surface area contributed by atoms with Gasteiger partial charge < -0.3 is 10.8 Å². The molecule has 1 rings (SSSR count). The Kier molecular flexibility index (Phi) is 2.62. The molecule has 0 saturated carbocycles. The van der Waals surface area contributed by atoms with Crippen LogP contribution in [0.1, 0.15) is 31.9 Å². The Bertz CT molecular complexity index is 299. The molecule has 72 valence electrons. The van der Waals surface area contributed by atoms with E-state index >= 15 is 0 Å². The van der Waals surface area contributed by atoms with Gasteiger partial charge in [0, 0.05) is 6.54 Å². The van der Waals surface area contributed by atoms with Crippen molar-refractivity contribution in [3.8, 4) is 5.75 Å². The molecule has 0 spiro atoms. The molecular weight excluding hydrogens is 162 g/mol. The zero-order chi connectivity index (χ0) is 10.1. The Morgan fingerprint density at radius 1 is 1.23 bits per heavy atom. The quantitative estimate of drug-likeness (QED) is 0.694. The van der Waals surface area contributed by atoms with Crippen molar-refractivity contribution in [3.05, 3.63) is 29.3 Å². The van der Waals surface area contributed by atoms with Crippen molar-refractivity contribution in [1.29, 1.82) is 0 Å². The molecule has 2 nitrogen and oxygen atoms in total. The number of phenols is 1. The average Bonchev–Trinajstić information content (AvgIpc) is 2.01. The Hall–Kier alpha value is -1.02. The maximum Gasteiger partial charge on any atom is 0.116 e. The Labute approximate surface area is 79.4 Å². The predicted octanol–water partition coefficient (Wildman–Crippen LogP) is 2.15. The number of hydrogen-bond acceptors (Lipinski definition) is 2. The lowest BCUT2D eigenvalue weighted by Crippen LogP contribution is -2.11. The van der Waals surface area contributed by atoms with Gasteiger partial charge in [-0.1, -0.05) is 26.8 Å². The second kappa shape index (κ2) is 3.38. The third-order valence-corrected chi connectivity index (χ3v) is 2.08. The van der Waals surface area contributed by atoms with E-state index in [2.05, 4.69) is 20.8 Å². The number of phenolic OH excluding ortho intramolecular Hbond substituents is 1. The van der Waals surface area contributed by atoms with Crippen LogP contribution in [-0.2, 0) is 12.0 Å². The van der Waals surface area contributed by atoms with E-state index in [-0.39, 0.29) is 5.41 Å². The minimum Gasteiger partial charge on any atom is -0.508 e. The summed E-state index contributed by atoms with van der Waals surface area (Å²) in [5.41, 5.74) is 7.67. The standard InChI is InChI=1S/C11H17NO/c1-11(2,3)9-4-8(7-12)5-10(13)6-9/h4-6,13H,7,12H2,1-3H3. The topological polar surface area (TPSA) is 46.2 Å². The molecule has 1 aromatic rings. The summed E-state index contributed by atoms with van der Waals surface area (Å²) < 4.78 is 0. The highest BCUT2D eigenvalue weighted by Crippen LogP contribution is 2.26. The molecule has 3 N–H and O–H groups in total. The van der Waals surface area contributed by atoms with Crippen LogP contribution in [0.15, 0.2) is 18.2 Å². The monoisotopic (exact) mass is 179 g/mol. The summed E-state index contributed by atoms with van der Waals surface area (Å²) in [6.45, 7) is 6.81. The van der Waals surface area contributed by atoms with E-state index in [0.717, 1.165) is 11.1 Å². The molecule has 1 aromatic carbocycles. The zero-order valence-corrected chi connectivity index (χ0v) is 8.46. The Morgan fingerprint density at radius 3 is 2.31 bits per heavy atom. The summed E-state index contributed by atoms with van der Waals surface area (Å²) in [5.74, 6) is 0.299. The molecule has 0 aliphatic rings. The number of hydrogen-bond donors (Lipinski definition) is 2. The van der Waals surface area contributed by atoms with E-state index in [0.29, 0.717) is 12.3 Å². The van der Waals surface area contributed by atoms with Gasteiger partial charge in [0.05, 0.1) is 0 Å². The highest BCUT2D eigenvalue weighted by atomic mass is 16.3. The van der Waals surface area contributed by atoms with Gasteiger partial charge in [0.2, 0.25) is 0 Å². The van der Waals surface area contributed by atoms with Crippen LogP contribution in [0.3, 0.4) is 0 Å². The summed E-state index contributed by atoms with van der Waals surface area (Å²) in [6, 6.07) is 5.54. The van der Waals surface area contributed by atoms with Crippen molar-refractivity contribution >= 4 is 0 Å². The number of nitrogens with two attached hydrogens (primary N) is 1.